The lowest BCUT2D eigenvalue weighted by atomic mass is 10.0. The van der Waals surface area contributed by atoms with E-state index in [1.165, 1.54) is 42.5 Å². The Morgan fingerprint density at radius 3 is 2.38 bits per heavy atom. The van der Waals surface area contributed by atoms with Gasteiger partial charge in [0, 0.05) is 28.6 Å². The Morgan fingerprint density at radius 2 is 1.79 bits per heavy atom. The van der Waals surface area contributed by atoms with Crippen molar-refractivity contribution in [1.82, 2.24) is 5.32 Å². The molecular formula is C16H13ClN2O5. The summed E-state index contributed by atoms with van der Waals surface area (Å²) in [6.07, 6.45) is -0.203. The predicted molar refractivity (Wildman–Crippen MR) is 87.1 cm³/mol. The number of carbonyl (C=O) groups is 2. The van der Waals surface area contributed by atoms with Crippen molar-refractivity contribution in [3.63, 3.8) is 0 Å². The summed E-state index contributed by atoms with van der Waals surface area (Å²) in [6, 6.07) is 10.4. The number of rotatable bonds is 6. The fraction of sp³-hybridized carbons (Fsp3) is 0.125. The van der Waals surface area contributed by atoms with Gasteiger partial charge in [-0.05, 0) is 24.3 Å². The van der Waals surface area contributed by atoms with Crippen molar-refractivity contribution < 1.29 is 19.6 Å². The minimum atomic E-state index is -1.30. The van der Waals surface area contributed by atoms with Crippen LogP contribution in [0.1, 0.15) is 15.9 Å². The van der Waals surface area contributed by atoms with Crippen LogP contribution in [0.4, 0.5) is 5.69 Å². The van der Waals surface area contributed by atoms with Crippen molar-refractivity contribution in [2.75, 3.05) is 0 Å². The molecule has 0 radical (unpaired) electrons. The molecule has 0 heterocycles. The molecule has 24 heavy (non-hydrogen) atoms. The number of carboxylic acids is 1. The third-order valence-electron chi connectivity index (χ3n) is 3.32. The lowest BCUT2D eigenvalue weighted by Crippen LogP contribution is -2.42. The largest absolute Gasteiger partial charge is 0.480 e. The monoisotopic (exact) mass is 348 g/mol. The number of nitro groups is 1. The normalized spacial score (nSPS) is 11.5. The average Bonchev–Trinajstić information content (AvgIpc) is 2.55. The zero-order valence-electron chi connectivity index (χ0n) is 12.3. The molecule has 0 unspecified atom stereocenters. The van der Waals surface area contributed by atoms with Crippen molar-refractivity contribution in [3.05, 3.63) is 74.8 Å². The SMILES string of the molecule is O=C(N[C@@H](Cc1ccccc1[N+](=O)[O-])C(=O)O)c1ccc(Cl)cc1. The number of carbonyl (C=O) groups excluding carboxylic acids is 1. The number of para-hydroxylation sites is 1. The van der Waals surface area contributed by atoms with E-state index in [-0.39, 0.29) is 23.2 Å². The van der Waals surface area contributed by atoms with Crippen LogP contribution >= 0.6 is 11.6 Å². The number of halogens is 1. The van der Waals surface area contributed by atoms with Crippen LogP contribution in [0.15, 0.2) is 48.5 Å². The Bertz CT molecular complexity index is 776. The van der Waals surface area contributed by atoms with E-state index >= 15 is 0 Å². The number of nitrogens with zero attached hydrogens (tertiary/aromatic N) is 1. The molecule has 7 nitrogen and oxygen atoms in total. The Morgan fingerprint density at radius 1 is 1.17 bits per heavy atom. The number of amides is 1. The predicted octanol–water partition coefficient (Wildman–Crippen LogP) is 2.67. The summed E-state index contributed by atoms with van der Waals surface area (Å²) in [5.74, 6) is -1.88. The van der Waals surface area contributed by atoms with Crippen LogP contribution in [0.2, 0.25) is 5.02 Å². The Balaban J connectivity index is 2.19. The van der Waals surface area contributed by atoms with Crippen molar-refractivity contribution in [2.24, 2.45) is 0 Å². The standard InChI is InChI=1S/C16H13ClN2O5/c17-12-7-5-10(6-8-12)15(20)18-13(16(21)22)9-11-3-1-2-4-14(11)19(23)24/h1-8,13H,9H2,(H,18,20)(H,21,22)/t13-/m0/s1. The molecule has 0 spiro atoms. The van der Waals surface area contributed by atoms with E-state index in [1.807, 2.05) is 0 Å². The van der Waals surface area contributed by atoms with Crippen LogP contribution in [-0.2, 0) is 11.2 Å². The van der Waals surface area contributed by atoms with Gasteiger partial charge < -0.3 is 10.4 Å². The molecule has 0 saturated heterocycles. The van der Waals surface area contributed by atoms with E-state index in [4.69, 9.17) is 11.6 Å². The quantitative estimate of drug-likeness (QED) is 0.616. The highest BCUT2D eigenvalue weighted by Gasteiger charge is 2.24. The summed E-state index contributed by atoms with van der Waals surface area (Å²) in [6.45, 7) is 0. The zero-order valence-corrected chi connectivity index (χ0v) is 13.1. The molecule has 0 bridgehead atoms. The van der Waals surface area contributed by atoms with Crippen molar-refractivity contribution >= 4 is 29.2 Å². The van der Waals surface area contributed by atoms with Crippen LogP contribution in [0.5, 0.6) is 0 Å². The van der Waals surface area contributed by atoms with Gasteiger partial charge in [0.15, 0.2) is 0 Å². The first-order valence-electron chi connectivity index (χ1n) is 6.90. The summed E-state index contributed by atoms with van der Waals surface area (Å²) in [7, 11) is 0. The molecule has 0 aliphatic carbocycles. The summed E-state index contributed by atoms with van der Waals surface area (Å²) in [4.78, 5) is 33.9. The third kappa shape index (κ3) is 4.30. The lowest BCUT2D eigenvalue weighted by Gasteiger charge is -2.15. The molecule has 124 valence electrons. The number of nitrogens with one attached hydrogen (secondary N) is 1. The number of aliphatic carboxylic acids is 1. The topological polar surface area (TPSA) is 110 Å². The number of hydrogen-bond acceptors (Lipinski definition) is 4. The molecule has 1 atom stereocenters. The van der Waals surface area contributed by atoms with Crippen molar-refractivity contribution in [3.8, 4) is 0 Å². The Kier molecular flexibility index (Phi) is 5.49. The van der Waals surface area contributed by atoms with Gasteiger partial charge in [0.25, 0.3) is 11.6 Å². The van der Waals surface area contributed by atoms with Gasteiger partial charge in [0.1, 0.15) is 6.04 Å². The van der Waals surface area contributed by atoms with Gasteiger partial charge in [-0.25, -0.2) is 4.79 Å². The zero-order chi connectivity index (χ0) is 17.7. The summed E-state index contributed by atoms with van der Waals surface area (Å²) < 4.78 is 0. The highest BCUT2D eigenvalue weighted by atomic mass is 35.5. The maximum Gasteiger partial charge on any atom is 0.326 e. The van der Waals surface area contributed by atoms with E-state index < -0.39 is 22.8 Å². The minimum absolute atomic E-state index is 0.190. The van der Waals surface area contributed by atoms with Crippen LogP contribution in [-0.4, -0.2) is 27.9 Å². The van der Waals surface area contributed by atoms with Gasteiger partial charge in [0.05, 0.1) is 4.92 Å². The Labute approximate surface area is 142 Å². The fourth-order valence-electron chi connectivity index (χ4n) is 2.12. The van der Waals surface area contributed by atoms with Crippen LogP contribution in [0, 0.1) is 10.1 Å². The molecular weight excluding hydrogens is 336 g/mol. The molecule has 0 aromatic heterocycles. The smallest absolute Gasteiger partial charge is 0.326 e. The molecule has 8 heteroatoms. The summed E-state index contributed by atoms with van der Waals surface area (Å²) in [5.41, 5.74) is 0.281. The van der Waals surface area contributed by atoms with Crippen molar-refractivity contribution in [2.45, 2.75) is 12.5 Å². The molecule has 2 rings (SSSR count). The maximum atomic E-state index is 12.1. The number of nitro benzene ring substituents is 1. The molecule has 0 fully saturated rings. The van der Waals surface area contributed by atoms with Gasteiger partial charge in [-0.2, -0.15) is 0 Å². The fourth-order valence-corrected chi connectivity index (χ4v) is 2.25. The van der Waals surface area contributed by atoms with Crippen molar-refractivity contribution in [1.29, 1.82) is 0 Å². The number of carboxylic acid groups (broad SMARTS) is 1. The first-order valence-corrected chi connectivity index (χ1v) is 7.28. The highest BCUT2D eigenvalue weighted by molar-refractivity contribution is 6.30. The second kappa shape index (κ2) is 7.56. The number of benzene rings is 2. The van der Waals surface area contributed by atoms with E-state index in [2.05, 4.69) is 5.32 Å². The third-order valence-corrected chi connectivity index (χ3v) is 3.57. The van der Waals surface area contributed by atoms with Gasteiger partial charge in [0.2, 0.25) is 0 Å². The first kappa shape index (κ1) is 17.4. The molecule has 2 aromatic carbocycles. The van der Waals surface area contributed by atoms with E-state index in [0.717, 1.165) is 0 Å². The highest BCUT2D eigenvalue weighted by Crippen LogP contribution is 2.19. The van der Waals surface area contributed by atoms with Crippen LogP contribution in [0.3, 0.4) is 0 Å². The van der Waals surface area contributed by atoms with Gasteiger partial charge in [-0.15, -0.1) is 0 Å². The summed E-state index contributed by atoms with van der Waals surface area (Å²) in [5, 5.41) is 23.1. The summed E-state index contributed by atoms with van der Waals surface area (Å²) >= 11 is 5.74. The second-order valence-corrected chi connectivity index (χ2v) is 5.40. The van der Waals surface area contributed by atoms with Gasteiger partial charge in [-0.3, -0.25) is 14.9 Å². The van der Waals surface area contributed by atoms with Crippen LogP contribution < -0.4 is 5.32 Å². The average molecular weight is 349 g/mol. The minimum Gasteiger partial charge on any atom is -0.480 e. The second-order valence-electron chi connectivity index (χ2n) is 4.96. The molecule has 2 N–H and O–H groups in total. The molecule has 1 amide bonds. The lowest BCUT2D eigenvalue weighted by molar-refractivity contribution is -0.385. The van der Waals surface area contributed by atoms with Gasteiger partial charge >= 0.3 is 5.97 Å². The van der Waals surface area contributed by atoms with E-state index in [9.17, 15) is 24.8 Å². The van der Waals surface area contributed by atoms with Gasteiger partial charge in [-0.1, -0.05) is 29.8 Å². The Hall–Kier alpha value is -2.93. The van der Waals surface area contributed by atoms with Crippen LogP contribution in [0.25, 0.3) is 0 Å². The molecule has 0 saturated carbocycles. The molecule has 0 aliphatic heterocycles. The molecule has 2 aromatic rings. The van der Waals surface area contributed by atoms with E-state index in [0.29, 0.717) is 5.02 Å². The first-order chi connectivity index (χ1) is 11.4. The van der Waals surface area contributed by atoms with E-state index in [1.54, 1.807) is 6.07 Å². The number of hydrogen-bond donors (Lipinski definition) is 2. The maximum absolute atomic E-state index is 12.1. The molecule has 0 aliphatic rings.